The molecule has 20 heavy (non-hydrogen) atoms. The molecule has 4 N–H and O–H groups in total. The maximum atomic E-state index is 12.2. The van der Waals surface area contributed by atoms with E-state index in [4.69, 9.17) is 5.84 Å². The SMILES string of the molecule is Cc1cc(NN)ccc1C(=O)NC(C)Cc1cccs1. The molecule has 0 bridgehead atoms. The van der Waals surface area contributed by atoms with Crippen LogP contribution in [0, 0.1) is 6.92 Å². The largest absolute Gasteiger partial charge is 0.349 e. The first-order chi connectivity index (χ1) is 9.60. The predicted molar refractivity (Wildman–Crippen MR) is 83.9 cm³/mol. The maximum Gasteiger partial charge on any atom is 0.251 e. The smallest absolute Gasteiger partial charge is 0.251 e. The molecule has 0 spiro atoms. The Kier molecular flexibility index (Phi) is 4.76. The normalized spacial score (nSPS) is 11.9. The van der Waals surface area contributed by atoms with Crippen LogP contribution in [0.1, 0.15) is 27.7 Å². The highest BCUT2D eigenvalue weighted by atomic mass is 32.1. The molecule has 1 atom stereocenters. The average Bonchev–Trinajstić information content (AvgIpc) is 2.90. The van der Waals surface area contributed by atoms with Gasteiger partial charge in [0.15, 0.2) is 0 Å². The monoisotopic (exact) mass is 289 g/mol. The number of nitrogens with two attached hydrogens (primary N) is 1. The molecule has 2 rings (SSSR count). The third kappa shape index (κ3) is 3.59. The molecular formula is C15H19N3OS. The minimum atomic E-state index is -0.0462. The van der Waals surface area contributed by atoms with Gasteiger partial charge >= 0.3 is 0 Å². The van der Waals surface area contributed by atoms with Crippen molar-refractivity contribution < 1.29 is 4.79 Å². The molecule has 1 aromatic heterocycles. The van der Waals surface area contributed by atoms with E-state index in [-0.39, 0.29) is 11.9 Å². The van der Waals surface area contributed by atoms with E-state index in [9.17, 15) is 4.79 Å². The molecule has 2 aromatic rings. The summed E-state index contributed by atoms with van der Waals surface area (Å²) in [7, 11) is 0. The molecule has 0 aliphatic heterocycles. The Bertz CT molecular complexity index is 581. The molecule has 1 unspecified atom stereocenters. The summed E-state index contributed by atoms with van der Waals surface area (Å²) in [6.07, 6.45) is 0.852. The summed E-state index contributed by atoms with van der Waals surface area (Å²) in [6.45, 7) is 3.92. The third-order valence-electron chi connectivity index (χ3n) is 3.10. The van der Waals surface area contributed by atoms with E-state index >= 15 is 0 Å². The molecule has 5 heteroatoms. The number of aryl methyl sites for hydroxylation is 1. The first-order valence-electron chi connectivity index (χ1n) is 6.50. The molecule has 1 amide bonds. The molecule has 0 saturated heterocycles. The van der Waals surface area contributed by atoms with E-state index in [1.165, 1.54) is 4.88 Å². The minimum absolute atomic E-state index is 0.0462. The molecule has 1 aromatic carbocycles. The predicted octanol–water partition coefficient (Wildman–Crippen LogP) is 2.70. The van der Waals surface area contributed by atoms with Crippen LogP contribution in [-0.2, 0) is 6.42 Å². The van der Waals surface area contributed by atoms with Gasteiger partial charge in [0.05, 0.1) is 0 Å². The van der Waals surface area contributed by atoms with Crippen LogP contribution in [0.2, 0.25) is 0 Å². The van der Waals surface area contributed by atoms with Gasteiger partial charge in [-0.3, -0.25) is 10.6 Å². The van der Waals surface area contributed by atoms with Gasteiger partial charge in [-0.25, -0.2) is 0 Å². The molecule has 106 valence electrons. The lowest BCUT2D eigenvalue weighted by Gasteiger charge is -2.14. The third-order valence-corrected chi connectivity index (χ3v) is 4.00. The van der Waals surface area contributed by atoms with Crippen molar-refractivity contribution in [3.05, 3.63) is 51.7 Å². The van der Waals surface area contributed by atoms with Crippen molar-refractivity contribution in [1.82, 2.24) is 5.32 Å². The van der Waals surface area contributed by atoms with Crippen molar-refractivity contribution in [2.75, 3.05) is 5.43 Å². The number of hydrazine groups is 1. The second-order valence-corrected chi connectivity index (χ2v) is 5.86. The van der Waals surface area contributed by atoms with E-state index in [1.807, 2.05) is 31.4 Å². The van der Waals surface area contributed by atoms with E-state index < -0.39 is 0 Å². The summed E-state index contributed by atoms with van der Waals surface area (Å²) in [5.41, 5.74) is 4.96. The van der Waals surface area contributed by atoms with Gasteiger partial charge in [-0.1, -0.05) is 6.07 Å². The fraction of sp³-hybridized carbons (Fsp3) is 0.267. The highest BCUT2D eigenvalue weighted by molar-refractivity contribution is 7.09. The van der Waals surface area contributed by atoms with Gasteiger partial charge in [0.1, 0.15) is 0 Å². The number of carbonyl (C=O) groups excluding carboxylic acids is 1. The standard InChI is InChI=1S/C15H19N3OS/c1-10-8-12(18-16)5-6-14(10)15(19)17-11(2)9-13-4-3-7-20-13/h3-8,11,18H,9,16H2,1-2H3,(H,17,19). The zero-order valence-corrected chi connectivity index (χ0v) is 12.5. The second kappa shape index (κ2) is 6.54. The second-order valence-electron chi connectivity index (χ2n) is 4.83. The number of rotatable bonds is 5. The fourth-order valence-corrected chi connectivity index (χ4v) is 2.93. The van der Waals surface area contributed by atoms with Gasteiger partial charge < -0.3 is 10.7 Å². The highest BCUT2D eigenvalue weighted by Crippen LogP contribution is 2.15. The van der Waals surface area contributed by atoms with Crippen LogP contribution < -0.4 is 16.6 Å². The molecule has 4 nitrogen and oxygen atoms in total. The van der Waals surface area contributed by atoms with Crippen molar-refractivity contribution in [3.63, 3.8) is 0 Å². The number of thiophene rings is 1. The van der Waals surface area contributed by atoms with E-state index in [1.54, 1.807) is 23.5 Å². The number of benzene rings is 1. The van der Waals surface area contributed by atoms with Crippen LogP contribution in [0.25, 0.3) is 0 Å². The quantitative estimate of drug-likeness (QED) is 0.585. The molecule has 0 saturated carbocycles. The number of anilines is 1. The summed E-state index contributed by atoms with van der Waals surface area (Å²) >= 11 is 1.71. The number of nitrogen functional groups attached to an aromatic ring is 1. The van der Waals surface area contributed by atoms with Crippen molar-refractivity contribution in [2.24, 2.45) is 5.84 Å². The van der Waals surface area contributed by atoms with Crippen molar-refractivity contribution >= 4 is 22.9 Å². The van der Waals surface area contributed by atoms with Crippen LogP contribution in [-0.4, -0.2) is 11.9 Å². The Morgan fingerprint density at radius 2 is 2.20 bits per heavy atom. The molecule has 1 heterocycles. The molecule has 0 fully saturated rings. The van der Waals surface area contributed by atoms with E-state index in [0.717, 1.165) is 17.7 Å². The van der Waals surface area contributed by atoms with Crippen molar-refractivity contribution in [2.45, 2.75) is 26.3 Å². The summed E-state index contributed by atoms with van der Waals surface area (Å²) in [5, 5.41) is 5.08. The van der Waals surface area contributed by atoms with E-state index in [0.29, 0.717) is 5.56 Å². The number of nitrogens with one attached hydrogen (secondary N) is 2. The lowest BCUT2D eigenvalue weighted by atomic mass is 10.1. The Hall–Kier alpha value is -1.85. The zero-order valence-electron chi connectivity index (χ0n) is 11.6. The number of hydrogen-bond acceptors (Lipinski definition) is 4. The Morgan fingerprint density at radius 1 is 1.40 bits per heavy atom. The van der Waals surface area contributed by atoms with Crippen LogP contribution in [0.15, 0.2) is 35.7 Å². The van der Waals surface area contributed by atoms with Gasteiger partial charge in [-0.05, 0) is 49.1 Å². The first kappa shape index (κ1) is 14.6. The maximum absolute atomic E-state index is 12.2. The Morgan fingerprint density at radius 3 is 2.80 bits per heavy atom. The van der Waals surface area contributed by atoms with Crippen LogP contribution >= 0.6 is 11.3 Å². The van der Waals surface area contributed by atoms with Crippen molar-refractivity contribution in [1.29, 1.82) is 0 Å². The number of hydrogen-bond donors (Lipinski definition) is 3. The van der Waals surface area contributed by atoms with Gasteiger partial charge in [0, 0.05) is 28.6 Å². The number of amides is 1. The molecule has 0 aliphatic carbocycles. The van der Waals surface area contributed by atoms with Crippen LogP contribution in [0.5, 0.6) is 0 Å². The first-order valence-corrected chi connectivity index (χ1v) is 7.38. The summed E-state index contributed by atoms with van der Waals surface area (Å²) in [5.74, 6) is 5.31. The molecule has 0 aliphatic rings. The van der Waals surface area contributed by atoms with Gasteiger partial charge in [0.2, 0.25) is 0 Å². The zero-order chi connectivity index (χ0) is 14.5. The summed E-state index contributed by atoms with van der Waals surface area (Å²) in [4.78, 5) is 13.5. The number of carbonyl (C=O) groups is 1. The summed E-state index contributed by atoms with van der Waals surface area (Å²) < 4.78 is 0. The Labute approximate surface area is 123 Å². The van der Waals surface area contributed by atoms with Gasteiger partial charge in [0.25, 0.3) is 5.91 Å². The summed E-state index contributed by atoms with van der Waals surface area (Å²) in [6, 6.07) is 9.66. The highest BCUT2D eigenvalue weighted by Gasteiger charge is 2.13. The molecular weight excluding hydrogens is 270 g/mol. The average molecular weight is 289 g/mol. The fourth-order valence-electron chi connectivity index (χ4n) is 2.09. The van der Waals surface area contributed by atoms with Crippen LogP contribution in [0.4, 0.5) is 5.69 Å². The Balaban J connectivity index is 2.00. The van der Waals surface area contributed by atoms with E-state index in [2.05, 4.69) is 16.8 Å². The van der Waals surface area contributed by atoms with Crippen molar-refractivity contribution in [3.8, 4) is 0 Å². The van der Waals surface area contributed by atoms with Gasteiger partial charge in [-0.2, -0.15) is 0 Å². The topological polar surface area (TPSA) is 67.1 Å². The minimum Gasteiger partial charge on any atom is -0.349 e. The lowest BCUT2D eigenvalue weighted by molar-refractivity contribution is 0.0939. The molecule has 0 radical (unpaired) electrons. The lowest BCUT2D eigenvalue weighted by Crippen LogP contribution is -2.34. The van der Waals surface area contributed by atoms with Crippen LogP contribution in [0.3, 0.4) is 0 Å². The van der Waals surface area contributed by atoms with Gasteiger partial charge in [-0.15, -0.1) is 11.3 Å².